The predicted molar refractivity (Wildman–Crippen MR) is 153 cm³/mol. The van der Waals surface area contributed by atoms with Crippen molar-refractivity contribution in [3.8, 4) is 0 Å². The average molecular weight is 564 g/mol. The minimum absolute atomic E-state index is 0.117. The number of esters is 1. The monoisotopic (exact) mass is 562 g/mol. The molecule has 0 spiro atoms. The van der Waals surface area contributed by atoms with Crippen LogP contribution in [-0.2, 0) is 19.0 Å². The van der Waals surface area contributed by atoms with Gasteiger partial charge in [0, 0.05) is 25.0 Å². The Kier molecular flexibility index (Phi) is 30.0. The Bertz CT molecular complexity index is 399. The third kappa shape index (κ3) is 28.3. The lowest BCUT2D eigenvalue weighted by molar-refractivity contribution is -0.159. The second kappa shape index (κ2) is 30.1. The number of hydrogen-bond donors (Lipinski definition) is 0. The van der Waals surface area contributed by atoms with E-state index in [1.807, 2.05) is 0 Å². The molecule has 0 aromatic carbocycles. The van der Waals surface area contributed by atoms with Crippen LogP contribution in [0.15, 0.2) is 0 Å². The molecule has 0 aromatic heterocycles. The summed E-state index contributed by atoms with van der Waals surface area (Å²) in [4.78, 5) is 12.2. The Morgan fingerprint density at radius 1 is 0.571 bits per heavy atom. The van der Waals surface area contributed by atoms with Gasteiger partial charge >= 0.3 is 5.97 Å². The van der Waals surface area contributed by atoms with Gasteiger partial charge in [0.2, 0.25) is 0 Å². The van der Waals surface area contributed by atoms with Gasteiger partial charge in [-0.2, -0.15) is 0 Å². The van der Waals surface area contributed by atoms with Crippen molar-refractivity contribution in [3.05, 3.63) is 0 Å². The maximum absolute atomic E-state index is 12.2. The molecular weight excluding hydrogens is 504 g/mol. The van der Waals surface area contributed by atoms with Crippen LogP contribution in [0, 0.1) is 0 Å². The van der Waals surface area contributed by atoms with Crippen LogP contribution in [0.4, 0.5) is 0 Å². The lowest BCUT2D eigenvalue weighted by Crippen LogP contribution is -2.21. The van der Waals surface area contributed by atoms with E-state index in [9.17, 15) is 4.79 Å². The van der Waals surface area contributed by atoms with Crippen molar-refractivity contribution >= 4 is 21.9 Å². The largest absolute Gasteiger partial charge is 0.466 e. The molecule has 210 valence electrons. The first-order chi connectivity index (χ1) is 17.2. The van der Waals surface area contributed by atoms with E-state index < -0.39 is 0 Å². The van der Waals surface area contributed by atoms with Crippen molar-refractivity contribution < 1.29 is 19.0 Å². The van der Waals surface area contributed by atoms with Crippen LogP contribution < -0.4 is 0 Å². The summed E-state index contributed by atoms with van der Waals surface area (Å²) in [6, 6.07) is 0. The first-order valence-corrected chi connectivity index (χ1v) is 16.3. The summed E-state index contributed by atoms with van der Waals surface area (Å²) in [6.45, 7) is 6.49. The van der Waals surface area contributed by atoms with Crippen molar-refractivity contribution in [3.63, 3.8) is 0 Å². The van der Waals surface area contributed by atoms with E-state index in [0.717, 1.165) is 44.2 Å². The van der Waals surface area contributed by atoms with Crippen molar-refractivity contribution in [1.29, 1.82) is 0 Å². The van der Waals surface area contributed by atoms with Crippen LogP contribution in [-0.4, -0.2) is 37.4 Å². The van der Waals surface area contributed by atoms with Gasteiger partial charge in [-0.15, -0.1) is 0 Å². The standard InChI is InChI=1S/C30H59BrO4/c1-3-5-7-9-12-17-21-27-34-30(35-28-22-18-13-10-8-6-4-2)24-23-29(32)33-26-20-16-14-11-15-19-25-31/h30H,3-28H2,1-2H3. The highest BCUT2D eigenvalue weighted by atomic mass is 79.9. The number of rotatable bonds is 29. The number of unbranched alkanes of at least 4 members (excludes halogenated alkanes) is 17. The number of carbonyl (C=O) groups excluding carboxylic acids is 1. The van der Waals surface area contributed by atoms with Crippen molar-refractivity contribution in [1.82, 2.24) is 0 Å². The number of ether oxygens (including phenoxy) is 3. The van der Waals surface area contributed by atoms with Gasteiger partial charge in [-0.05, 0) is 25.7 Å². The molecule has 0 unspecified atom stereocenters. The maximum Gasteiger partial charge on any atom is 0.305 e. The summed E-state index contributed by atoms with van der Waals surface area (Å²) in [7, 11) is 0. The van der Waals surface area contributed by atoms with E-state index in [4.69, 9.17) is 14.2 Å². The Morgan fingerprint density at radius 2 is 0.971 bits per heavy atom. The molecule has 5 heteroatoms. The Hall–Kier alpha value is -0.130. The zero-order valence-electron chi connectivity index (χ0n) is 23.5. The molecule has 0 saturated carbocycles. The van der Waals surface area contributed by atoms with Gasteiger partial charge in [0.1, 0.15) is 0 Å². The third-order valence-electron chi connectivity index (χ3n) is 6.48. The Labute approximate surface area is 227 Å². The van der Waals surface area contributed by atoms with Crippen LogP contribution in [0.25, 0.3) is 0 Å². The van der Waals surface area contributed by atoms with E-state index in [-0.39, 0.29) is 12.3 Å². The molecule has 0 aliphatic rings. The number of carbonyl (C=O) groups is 1. The molecule has 0 N–H and O–H groups in total. The van der Waals surface area contributed by atoms with E-state index in [2.05, 4.69) is 29.8 Å². The molecule has 0 saturated heterocycles. The van der Waals surface area contributed by atoms with Crippen LogP contribution >= 0.6 is 15.9 Å². The van der Waals surface area contributed by atoms with Gasteiger partial charge in [-0.25, -0.2) is 0 Å². The van der Waals surface area contributed by atoms with Gasteiger partial charge in [0.25, 0.3) is 0 Å². The van der Waals surface area contributed by atoms with E-state index in [1.165, 1.54) is 103 Å². The number of hydrogen-bond acceptors (Lipinski definition) is 4. The minimum atomic E-state index is -0.280. The van der Waals surface area contributed by atoms with Crippen LogP contribution in [0.1, 0.15) is 155 Å². The first kappa shape index (κ1) is 34.9. The molecule has 0 radical (unpaired) electrons. The summed E-state index contributed by atoms with van der Waals surface area (Å²) < 4.78 is 17.5. The van der Waals surface area contributed by atoms with Gasteiger partial charge < -0.3 is 14.2 Å². The number of halogens is 1. The van der Waals surface area contributed by atoms with E-state index >= 15 is 0 Å². The zero-order chi connectivity index (χ0) is 25.7. The van der Waals surface area contributed by atoms with Crippen molar-refractivity contribution in [2.75, 3.05) is 25.2 Å². The topological polar surface area (TPSA) is 44.8 Å². The summed E-state index contributed by atoms with van der Waals surface area (Å²) in [5.74, 6) is -0.117. The third-order valence-corrected chi connectivity index (χ3v) is 7.04. The maximum atomic E-state index is 12.2. The predicted octanol–water partition coefficient (Wildman–Crippen LogP) is 9.91. The number of alkyl halides is 1. The normalized spacial score (nSPS) is 11.4. The smallest absolute Gasteiger partial charge is 0.305 e. The van der Waals surface area contributed by atoms with Gasteiger partial charge in [0.05, 0.1) is 13.0 Å². The van der Waals surface area contributed by atoms with Crippen LogP contribution in [0.2, 0.25) is 0 Å². The molecule has 0 aromatic rings. The van der Waals surface area contributed by atoms with E-state index in [1.54, 1.807) is 0 Å². The Morgan fingerprint density at radius 3 is 1.43 bits per heavy atom. The van der Waals surface area contributed by atoms with Crippen LogP contribution in [0.5, 0.6) is 0 Å². The fourth-order valence-electron chi connectivity index (χ4n) is 4.16. The summed E-state index contributed by atoms with van der Waals surface area (Å²) in [6.07, 6.45) is 25.6. The molecule has 0 amide bonds. The molecule has 0 aliphatic carbocycles. The molecule has 0 fully saturated rings. The highest BCUT2D eigenvalue weighted by Crippen LogP contribution is 2.13. The minimum Gasteiger partial charge on any atom is -0.466 e. The second-order valence-electron chi connectivity index (χ2n) is 9.98. The van der Waals surface area contributed by atoms with E-state index in [0.29, 0.717) is 19.4 Å². The molecule has 0 heterocycles. The van der Waals surface area contributed by atoms with Gasteiger partial charge in [0.15, 0.2) is 6.29 Å². The lowest BCUT2D eigenvalue weighted by atomic mass is 10.1. The molecule has 0 aliphatic heterocycles. The van der Waals surface area contributed by atoms with Gasteiger partial charge in [-0.3, -0.25) is 4.79 Å². The van der Waals surface area contributed by atoms with Gasteiger partial charge in [-0.1, -0.05) is 133 Å². The summed E-state index contributed by atoms with van der Waals surface area (Å²) >= 11 is 3.47. The molecule has 4 nitrogen and oxygen atoms in total. The molecular formula is C30H59BrO4. The summed E-state index contributed by atoms with van der Waals surface area (Å²) in [5.41, 5.74) is 0. The fourth-order valence-corrected chi connectivity index (χ4v) is 4.56. The average Bonchev–Trinajstić information content (AvgIpc) is 2.86. The highest BCUT2D eigenvalue weighted by molar-refractivity contribution is 9.09. The highest BCUT2D eigenvalue weighted by Gasteiger charge is 2.13. The van der Waals surface area contributed by atoms with Crippen LogP contribution in [0.3, 0.4) is 0 Å². The lowest BCUT2D eigenvalue weighted by Gasteiger charge is -2.18. The molecule has 35 heavy (non-hydrogen) atoms. The summed E-state index contributed by atoms with van der Waals surface area (Å²) in [5, 5.41) is 1.09. The zero-order valence-corrected chi connectivity index (χ0v) is 25.1. The second-order valence-corrected chi connectivity index (χ2v) is 10.8. The van der Waals surface area contributed by atoms with Crippen molar-refractivity contribution in [2.24, 2.45) is 0 Å². The molecule has 0 bridgehead atoms. The first-order valence-electron chi connectivity index (χ1n) is 15.2. The quantitative estimate of drug-likeness (QED) is 0.0393. The fraction of sp³-hybridized carbons (Fsp3) is 0.967. The molecule has 0 atom stereocenters. The Balaban J connectivity index is 4.00. The molecule has 0 rings (SSSR count). The van der Waals surface area contributed by atoms with Crippen molar-refractivity contribution in [2.45, 2.75) is 161 Å². The SMILES string of the molecule is CCCCCCCCCOC(CCC(=O)OCCCCCCCCBr)OCCCCCCCCC.